The highest BCUT2D eigenvalue weighted by Crippen LogP contribution is 2.16. The van der Waals surface area contributed by atoms with Crippen LogP contribution in [0.1, 0.15) is 27.3 Å². The van der Waals surface area contributed by atoms with Crippen LogP contribution in [0.2, 0.25) is 0 Å². The lowest BCUT2D eigenvalue weighted by molar-refractivity contribution is 0.0696. The fraction of sp³-hybridized carbons (Fsp3) is 0.231. The van der Waals surface area contributed by atoms with Crippen molar-refractivity contribution in [1.82, 2.24) is 14.9 Å². The molecule has 8 heteroatoms. The number of H-pyrrole nitrogens is 1. The van der Waals surface area contributed by atoms with Gasteiger partial charge in [0.05, 0.1) is 17.0 Å². The molecular formula is C13H15N3O4S. The van der Waals surface area contributed by atoms with Crippen LogP contribution in [-0.2, 0) is 16.6 Å². The van der Waals surface area contributed by atoms with Crippen molar-refractivity contribution in [3.05, 3.63) is 46.8 Å². The molecule has 0 radical (unpaired) electrons. The molecule has 1 aromatic carbocycles. The molecule has 0 amide bonds. The number of carbonyl (C=O) groups is 1. The number of sulfonamides is 1. The van der Waals surface area contributed by atoms with Crippen LogP contribution in [0.15, 0.2) is 29.2 Å². The van der Waals surface area contributed by atoms with Crippen LogP contribution in [0, 0.1) is 13.8 Å². The summed E-state index contributed by atoms with van der Waals surface area (Å²) < 4.78 is 26.9. The largest absolute Gasteiger partial charge is 0.478 e. The lowest BCUT2D eigenvalue weighted by atomic mass is 10.1. The van der Waals surface area contributed by atoms with Crippen LogP contribution >= 0.6 is 0 Å². The summed E-state index contributed by atoms with van der Waals surface area (Å²) in [5, 5.41) is 15.4. The average molecular weight is 309 g/mol. The second kappa shape index (κ2) is 5.66. The topological polar surface area (TPSA) is 112 Å². The smallest absolute Gasteiger partial charge is 0.335 e. The van der Waals surface area contributed by atoms with E-state index in [0.29, 0.717) is 17.0 Å². The lowest BCUT2D eigenvalue weighted by Crippen LogP contribution is -2.24. The van der Waals surface area contributed by atoms with E-state index in [1.54, 1.807) is 26.0 Å². The van der Waals surface area contributed by atoms with E-state index in [-0.39, 0.29) is 17.0 Å². The van der Waals surface area contributed by atoms with Crippen molar-refractivity contribution >= 4 is 16.0 Å². The molecule has 2 rings (SSSR count). The second-order valence-electron chi connectivity index (χ2n) is 4.59. The van der Waals surface area contributed by atoms with Crippen molar-refractivity contribution in [2.45, 2.75) is 25.3 Å². The van der Waals surface area contributed by atoms with Crippen molar-refractivity contribution in [3.63, 3.8) is 0 Å². The van der Waals surface area contributed by atoms with Gasteiger partial charge in [0.15, 0.2) is 0 Å². The van der Waals surface area contributed by atoms with E-state index in [9.17, 15) is 13.2 Å². The van der Waals surface area contributed by atoms with Gasteiger partial charge in [-0.2, -0.15) is 5.10 Å². The van der Waals surface area contributed by atoms with Gasteiger partial charge in [0.25, 0.3) is 0 Å². The Balaban J connectivity index is 2.20. The van der Waals surface area contributed by atoms with E-state index in [1.807, 2.05) is 0 Å². The van der Waals surface area contributed by atoms with E-state index < -0.39 is 16.0 Å². The fourth-order valence-electron chi connectivity index (χ4n) is 2.00. The van der Waals surface area contributed by atoms with E-state index in [0.717, 1.165) is 0 Å². The molecule has 0 spiro atoms. The highest BCUT2D eigenvalue weighted by molar-refractivity contribution is 7.89. The van der Waals surface area contributed by atoms with Crippen molar-refractivity contribution in [1.29, 1.82) is 0 Å². The number of nitrogens with zero attached hydrogens (tertiary/aromatic N) is 1. The molecule has 1 heterocycles. The Hall–Kier alpha value is -2.19. The third-order valence-electron chi connectivity index (χ3n) is 2.97. The first-order valence-corrected chi connectivity index (χ1v) is 7.63. The van der Waals surface area contributed by atoms with Crippen LogP contribution < -0.4 is 4.72 Å². The molecule has 0 unspecified atom stereocenters. The van der Waals surface area contributed by atoms with Crippen LogP contribution in [-0.4, -0.2) is 29.7 Å². The van der Waals surface area contributed by atoms with Crippen LogP contribution in [0.25, 0.3) is 0 Å². The average Bonchev–Trinajstić information content (AvgIpc) is 2.77. The van der Waals surface area contributed by atoms with E-state index >= 15 is 0 Å². The minimum absolute atomic E-state index is 0.00745. The summed E-state index contributed by atoms with van der Waals surface area (Å²) in [5.41, 5.74) is 1.53. The predicted molar refractivity (Wildman–Crippen MR) is 75.5 cm³/mol. The molecule has 0 fully saturated rings. The van der Waals surface area contributed by atoms with Gasteiger partial charge in [-0.1, -0.05) is 12.1 Å². The summed E-state index contributed by atoms with van der Waals surface area (Å²) in [6, 6.07) is 6.11. The molecule has 0 atom stereocenters. The summed E-state index contributed by atoms with van der Waals surface area (Å²) in [7, 11) is -3.70. The van der Waals surface area contributed by atoms with Crippen LogP contribution in [0.3, 0.4) is 0 Å². The summed E-state index contributed by atoms with van der Waals surface area (Å²) in [6.07, 6.45) is 0. The van der Waals surface area contributed by atoms with Crippen LogP contribution in [0.5, 0.6) is 0 Å². The molecule has 1 aromatic heterocycles. The van der Waals surface area contributed by atoms with Gasteiger partial charge in [0.2, 0.25) is 10.0 Å². The summed E-state index contributed by atoms with van der Waals surface area (Å²) in [4.78, 5) is 11.0. The number of aromatic nitrogens is 2. The van der Waals surface area contributed by atoms with Crippen molar-refractivity contribution in [2.75, 3.05) is 0 Å². The first-order chi connectivity index (χ1) is 9.81. The Bertz CT molecular complexity index is 761. The Morgan fingerprint density at radius 1 is 1.38 bits per heavy atom. The number of benzene rings is 1. The zero-order valence-electron chi connectivity index (χ0n) is 11.5. The molecule has 0 saturated heterocycles. The normalized spacial score (nSPS) is 11.5. The van der Waals surface area contributed by atoms with Crippen molar-refractivity contribution in [2.24, 2.45) is 0 Å². The van der Waals surface area contributed by atoms with Gasteiger partial charge in [0.1, 0.15) is 4.90 Å². The lowest BCUT2D eigenvalue weighted by Gasteiger charge is -2.07. The number of rotatable bonds is 5. The molecule has 0 bridgehead atoms. The van der Waals surface area contributed by atoms with Crippen molar-refractivity contribution < 1.29 is 18.3 Å². The number of hydrogen-bond donors (Lipinski definition) is 3. The highest BCUT2D eigenvalue weighted by atomic mass is 32.2. The van der Waals surface area contributed by atoms with Gasteiger partial charge in [-0.3, -0.25) is 5.10 Å². The number of nitrogens with one attached hydrogen (secondary N) is 2. The number of aryl methyl sites for hydroxylation is 2. The van der Waals surface area contributed by atoms with Crippen LogP contribution in [0.4, 0.5) is 0 Å². The molecule has 112 valence electrons. The zero-order valence-corrected chi connectivity index (χ0v) is 12.4. The molecule has 3 N–H and O–H groups in total. The molecular weight excluding hydrogens is 294 g/mol. The van der Waals surface area contributed by atoms with E-state index in [2.05, 4.69) is 14.9 Å². The number of hydrogen-bond acceptors (Lipinski definition) is 4. The summed E-state index contributed by atoms with van der Waals surface area (Å²) >= 11 is 0. The number of carboxylic acid groups (broad SMARTS) is 1. The Morgan fingerprint density at radius 3 is 2.67 bits per heavy atom. The quantitative estimate of drug-likeness (QED) is 0.768. The van der Waals surface area contributed by atoms with E-state index in [4.69, 9.17) is 5.11 Å². The maximum atomic E-state index is 12.2. The van der Waals surface area contributed by atoms with Gasteiger partial charge in [-0.05, 0) is 31.5 Å². The number of aromatic amines is 1. The maximum absolute atomic E-state index is 12.2. The fourth-order valence-corrected chi connectivity index (χ4v) is 3.39. The predicted octanol–water partition coefficient (Wildman–Crippen LogP) is 1.20. The monoisotopic (exact) mass is 309 g/mol. The van der Waals surface area contributed by atoms with Gasteiger partial charge in [-0.15, -0.1) is 0 Å². The first kappa shape index (κ1) is 15.2. The molecule has 21 heavy (non-hydrogen) atoms. The van der Waals surface area contributed by atoms with Crippen molar-refractivity contribution in [3.8, 4) is 0 Å². The first-order valence-electron chi connectivity index (χ1n) is 6.15. The third kappa shape index (κ3) is 3.29. The van der Waals surface area contributed by atoms with E-state index in [1.165, 1.54) is 12.1 Å². The minimum atomic E-state index is -3.70. The standard InChI is InChI=1S/C13H15N3O4S/c1-8-12(9(2)16-15-8)21(19,20)14-7-10-4-3-5-11(6-10)13(17)18/h3-6,14H,7H2,1-2H3,(H,15,16)(H,17,18). The SMILES string of the molecule is Cc1n[nH]c(C)c1S(=O)(=O)NCc1cccc(C(=O)O)c1. The maximum Gasteiger partial charge on any atom is 0.335 e. The van der Waals surface area contributed by atoms with Gasteiger partial charge >= 0.3 is 5.97 Å². The second-order valence-corrected chi connectivity index (χ2v) is 6.30. The van der Waals surface area contributed by atoms with Gasteiger partial charge in [-0.25, -0.2) is 17.9 Å². The highest BCUT2D eigenvalue weighted by Gasteiger charge is 2.21. The van der Waals surface area contributed by atoms with Gasteiger partial charge < -0.3 is 5.11 Å². The Kier molecular flexibility index (Phi) is 4.10. The Labute approximate surface area is 122 Å². The molecule has 0 aliphatic rings. The molecule has 2 aromatic rings. The minimum Gasteiger partial charge on any atom is -0.478 e. The zero-order chi connectivity index (χ0) is 15.6. The third-order valence-corrected chi connectivity index (χ3v) is 4.63. The summed E-state index contributed by atoms with van der Waals surface area (Å²) in [5.74, 6) is -1.05. The molecule has 0 aliphatic carbocycles. The molecule has 0 aliphatic heterocycles. The Morgan fingerprint density at radius 2 is 2.10 bits per heavy atom. The number of aromatic carboxylic acids is 1. The number of carboxylic acids is 1. The van der Waals surface area contributed by atoms with Gasteiger partial charge in [0, 0.05) is 6.54 Å². The summed E-state index contributed by atoms with van der Waals surface area (Å²) in [6.45, 7) is 3.23. The molecule has 0 saturated carbocycles. The molecule has 7 nitrogen and oxygen atoms in total.